The van der Waals surface area contributed by atoms with Crippen molar-refractivity contribution in [2.45, 2.75) is 25.9 Å². The lowest BCUT2D eigenvalue weighted by molar-refractivity contribution is 0.0349. The molecular formula is C20H24N4O3S. The molecule has 0 aliphatic carbocycles. The summed E-state index contributed by atoms with van der Waals surface area (Å²) in [6, 6.07) is 9.08. The van der Waals surface area contributed by atoms with Crippen molar-refractivity contribution >= 4 is 15.7 Å². The first-order valence-electron chi connectivity index (χ1n) is 9.54. The maximum absolute atomic E-state index is 13.5. The van der Waals surface area contributed by atoms with Crippen molar-refractivity contribution in [1.29, 1.82) is 0 Å². The molecule has 2 unspecified atom stereocenters. The number of carbonyl (C=O) groups excluding carboxylic acids is 1. The number of sulfone groups is 1. The molecule has 1 aromatic carbocycles. The summed E-state index contributed by atoms with van der Waals surface area (Å²) in [4.78, 5) is 26.1. The van der Waals surface area contributed by atoms with Gasteiger partial charge in [0.05, 0.1) is 28.8 Å². The average Bonchev–Trinajstić information content (AvgIpc) is 3.02. The molecule has 2 aliphatic heterocycles. The maximum Gasteiger partial charge on any atom is 0.258 e. The van der Waals surface area contributed by atoms with Crippen LogP contribution >= 0.6 is 0 Å². The molecule has 2 saturated heterocycles. The molecule has 0 radical (unpaired) electrons. The number of benzene rings is 1. The highest BCUT2D eigenvalue weighted by Gasteiger charge is 2.48. The van der Waals surface area contributed by atoms with Gasteiger partial charge in [0.2, 0.25) is 0 Å². The number of hydrogen-bond acceptors (Lipinski definition) is 6. The number of aromatic nitrogens is 2. The molecule has 1 amide bonds. The van der Waals surface area contributed by atoms with Crippen LogP contribution in [0.1, 0.15) is 23.1 Å². The van der Waals surface area contributed by atoms with Gasteiger partial charge in [-0.1, -0.05) is 37.3 Å². The van der Waals surface area contributed by atoms with Gasteiger partial charge in [-0.2, -0.15) is 0 Å². The van der Waals surface area contributed by atoms with E-state index in [1.165, 1.54) is 0 Å². The fourth-order valence-corrected chi connectivity index (χ4v) is 6.28. The van der Waals surface area contributed by atoms with Crippen LogP contribution in [-0.4, -0.2) is 77.3 Å². The summed E-state index contributed by atoms with van der Waals surface area (Å²) in [5, 5.41) is 0. The van der Waals surface area contributed by atoms with Crippen molar-refractivity contribution in [2.75, 3.05) is 31.1 Å². The first kappa shape index (κ1) is 19.0. The third-order valence-corrected chi connectivity index (χ3v) is 7.34. The van der Waals surface area contributed by atoms with E-state index in [1.807, 2.05) is 37.3 Å². The molecular weight excluding hydrogens is 376 g/mol. The van der Waals surface area contributed by atoms with Gasteiger partial charge in [0, 0.05) is 30.9 Å². The summed E-state index contributed by atoms with van der Waals surface area (Å²) >= 11 is 0. The second-order valence-corrected chi connectivity index (χ2v) is 9.54. The van der Waals surface area contributed by atoms with Crippen molar-refractivity contribution < 1.29 is 13.2 Å². The number of piperazine rings is 1. The summed E-state index contributed by atoms with van der Waals surface area (Å²) < 4.78 is 24.6. The van der Waals surface area contributed by atoms with Gasteiger partial charge >= 0.3 is 0 Å². The Bertz CT molecular complexity index is 994. The first-order valence-corrected chi connectivity index (χ1v) is 11.4. The monoisotopic (exact) mass is 400 g/mol. The van der Waals surface area contributed by atoms with Gasteiger partial charge in [-0.15, -0.1) is 0 Å². The first-order chi connectivity index (χ1) is 13.4. The number of amides is 1. The third-order valence-electron chi connectivity index (χ3n) is 5.64. The van der Waals surface area contributed by atoms with E-state index in [9.17, 15) is 13.2 Å². The molecule has 0 spiro atoms. The fraction of sp³-hybridized carbons (Fsp3) is 0.450. The van der Waals surface area contributed by atoms with Gasteiger partial charge in [0.15, 0.2) is 9.84 Å². The third kappa shape index (κ3) is 3.42. The predicted octanol–water partition coefficient (Wildman–Crippen LogP) is 1.40. The number of fused-ring (bicyclic) bond motifs is 1. The maximum atomic E-state index is 13.5. The van der Waals surface area contributed by atoms with Crippen LogP contribution in [0.15, 0.2) is 36.5 Å². The van der Waals surface area contributed by atoms with Crippen LogP contribution in [0, 0.1) is 6.92 Å². The van der Waals surface area contributed by atoms with Crippen LogP contribution in [0.2, 0.25) is 0 Å². The summed E-state index contributed by atoms with van der Waals surface area (Å²) in [5.41, 5.74) is 1.86. The van der Waals surface area contributed by atoms with E-state index in [0.717, 1.165) is 12.1 Å². The van der Waals surface area contributed by atoms with Crippen molar-refractivity contribution in [3.63, 3.8) is 0 Å². The molecule has 2 atom stereocenters. The summed E-state index contributed by atoms with van der Waals surface area (Å²) in [6.45, 7) is 5.78. The standard InChI is InChI=1S/C20H24N4O3S/c1-3-23-9-10-24(18-13-28(26,27)12-17(18)23)20(25)16-11-21-14(2)22-19(16)15-7-5-4-6-8-15/h4-8,11,17-18H,3,9-10,12-13H2,1-2H3. The van der Waals surface area contributed by atoms with Crippen LogP contribution < -0.4 is 0 Å². The van der Waals surface area contributed by atoms with Gasteiger partial charge in [-0.3, -0.25) is 9.69 Å². The van der Waals surface area contributed by atoms with Crippen LogP contribution in [0.5, 0.6) is 0 Å². The summed E-state index contributed by atoms with van der Waals surface area (Å²) in [7, 11) is -3.16. The number of likely N-dealkylation sites (N-methyl/N-ethyl adjacent to an activating group) is 1. The van der Waals surface area contributed by atoms with E-state index in [0.29, 0.717) is 30.2 Å². The minimum Gasteiger partial charge on any atom is -0.332 e. The molecule has 3 heterocycles. The molecule has 2 aromatic rings. The number of hydrogen-bond donors (Lipinski definition) is 0. The van der Waals surface area contributed by atoms with Gasteiger partial charge in [0.25, 0.3) is 5.91 Å². The zero-order valence-electron chi connectivity index (χ0n) is 16.1. The molecule has 2 fully saturated rings. The molecule has 0 N–H and O–H groups in total. The summed E-state index contributed by atoms with van der Waals surface area (Å²) in [5.74, 6) is 0.535. The normalized spacial score (nSPS) is 24.1. The lowest BCUT2D eigenvalue weighted by Crippen LogP contribution is -2.60. The van der Waals surface area contributed by atoms with Crippen LogP contribution in [0.25, 0.3) is 11.3 Å². The number of aryl methyl sites for hydroxylation is 1. The Labute approximate surface area is 165 Å². The van der Waals surface area contributed by atoms with E-state index in [2.05, 4.69) is 14.9 Å². The van der Waals surface area contributed by atoms with Gasteiger partial charge in [-0.05, 0) is 13.5 Å². The van der Waals surface area contributed by atoms with Gasteiger partial charge < -0.3 is 4.90 Å². The van der Waals surface area contributed by atoms with Crippen LogP contribution in [-0.2, 0) is 9.84 Å². The minimum atomic E-state index is -3.16. The second-order valence-electron chi connectivity index (χ2n) is 7.38. The zero-order valence-corrected chi connectivity index (χ0v) is 16.9. The van der Waals surface area contributed by atoms with Gasteiger partial charge in [-0.25, -0.2) is 18.4 Å². The number of carbonyl (C=O) groups is 1. The molecule has 28 heavy (non-hydrogen) atoms. The van der Waals surface area contributed by atoms with Crippen molar-refractivity contribution in [3.8, 4) is 11.3 Å². The van der Waals surface area contributed by atoms with Crippen LogP contribution in [0.4, 0.5) is 0 Å². The SMILES string of the molecule is CCN1CCN(C(=O)c2cnc(C)nc2-c2ccccc2)C2CS(=O)(=O)CC21. The highest BCUT2D eigenvalue weighted by atomic mass is 32.2. The average molecular weight is 401 g/mol. The Kier molecular flexibility index (Phi) is 4.93. The molecule has 1 aromatic heterocycles. The van der Waals surface area contributed by atoms with Crippen molar-refractivity contribution in [1.82, 2.24) is 19.8 Å². The fourth-order valence-electron chi connectivity index (χ4n) is 4.27. The number of rotatable bonds is 3. The highest BCUT2D eigenvalue weighted by molar-refractivity contribution is 7.91. The van der Waals surface area contributed by atoms with Gasteiger partial charge in [0.1, 0.15) is 5.82 Å². The smallest absolute Gasteiger partial charge is 0.258 e. The second kappa shape index (κ2) is 7.25. The molecule has 0 bridgehead atoms. The van der Waals surface area contributed by atoms with Crippen LogP contribution in [0.3, 0.4) is 0 Å². The topological polar surface area (TPSA) is 83.5 Å². The Morgan fingerprint density at radius 2 is 1.86 bits per heavy atom. The Hall–Kier alpha value is -2.32. The molecule has 8 heteroatoms. The van der Waals surface area contributed by atoms with Crippen molar-refractivity contribution in [3.05, 3.63) is 47.9 Å². The van der Waals surface area contributed by atoms with E-state index in [-0.39, 0.29) is 29.5 Å². The molecule has 7 nitrogen and oxygen atoms in total. The molecule has 148 valence electrons. The van der Waals surface area contributed by atoms with E-state index < -0.39 is 9.84 Å². The Balaban J connectivity index is 1.72. The zero-order chi connectivity index (χ0) is 19.9. The molecule has 4 rings (SSSR count). The quantitative estimate of drug-likeness (QED) is 0.774. The lowest BCUT2D eigenvalue weighted by atomic mass is 10.0. The number of nitrogens with zero attached hydrogens (tertiary/aromatic N) is 4. The van der Waals surface area contributed by atoms with E-state index in [4.69, 9.17) is 0 Å². The predicted molar refractivity (Wildman–Crippen MR) is 107 cm³/mol. The van der Waals surface area contributed by atoms with E-state index in [1.54, 1.807) is 18.0 Å². The largest absolute Gasteiger partial charge is 0.332 e. The minimum absolute atomic E-state index is 0.0211. The highest BCUT2D eigenvalue weighted by Crippen LogP contribution is 2.30. The lowest BCUT2D eigenvalue weighted by Gasteiger charge is -2.43. The molecule has 2 aliphatic rings. The summed E-state index contributed by atoms with van der Waals surface area (Å²) in [6.07, 6.45) is 1.57. The Morgan fingerprint density at radius 1 is 1.14 bits per heavy atom. The molecule has 0 saturated carbocycles. The van der Waals surface area contributed by atoms with E-state index >= 15 is 0 Å². The Morgan fingerprint density at radius 3 is 2.57 bits per heavy atom. The van der Waals surface area contributed by atoms with Crippen molar-refractivity contribution in [2.24, 2.45) is 0 Å².